The molecule has 0 saturated carbocycles. The van der Waals surface area contributed by atoms with Gasteiger partial charge in [-0.3, -0.25) is 14.6 Å². The molecule has 0 spiro atoms. The number of carbonyl (C=O) groups excluding carboxylic acids is 1. The van der Waals surface area contributed by atoms with Gasteiger partial charge in [-0.25, -0.2) is 4.99 Å². The van der Waals surface area contributed by atoms with E-state index in [1.165, 1.54) is 0 Å². The highest BCUT2D eigenvalue weighted by atomic mass is 16.5. The number of benzene rings is 2. The van der Waals surface area contributed by atoms with E-state index in [0.717, 1.165) is 27.8 Å². The Balaban J connectivity index is 1.71. The van der Waals surface area contributed by atoms with E-state index in [-0.39, 0.29) is 24.8 Å². The molecule has 212 valence electrons. The molecular weight excluding hydrogens is 516 g/mol. The van der Waals surface area contributed by atoms with Gasteiger partial charge in [-0.15, -0.1) is 0 Å². The van der Waals surface area contributed by atoms with Crippen molar-refractivity contribution in [3.05, 3.63) is 103 Å². The number of aliphatic imine (C=N–C) groups is 1. The van der Waals surface area contributed by atoms with E-state index in [1.807, 2.05) is 106 Å². The highest BCUT2D eigenvalue weighted by Gasteiger charge is 2.33. The van der Waals surface area contributed by atoms with Gasteiger partial charge in [0.05, 0.1) is 6.42 Å². The van der Waals surface area contributed by atoms with E-state index >= 15 is 0 Å². The third-order valence-electron chi connectivity index (χ3n) is 6.76. The second-order valence-corrected chi connectivity index (χ2v) is 10.9. The summed E-state index contributed by atoms with van der Waals surface area (Å²) in [6.07, 6.45) is 6.97. The Bertz CT molecular complexity index is 1470. The molecule has 0 unspecified atom stereocenters. The maximum absolute atomic E-state index is 12.9. The van der Waals surface area contributed by atoms with Crippen LogP contribution in [-0.2, 0) is 20.9 Å². The summed E-state index contributed by atoms with van der Waals surface area (Å²) in [4.78, 5) is 33.8. The summed E-state index contributed by atoms with van der Waals surface area (Å²) in [6.45, 7) is 5.94. The maximum atomic E-state index is 12.9. The van der Waals surface area contributed by atoms with Crippen LogP contribution in [0.2, 0.25) is 0 Å². The van der Waals surface area contributed by atoms with Crippen LogP contribution >= 0.6 is 0 Å². The first kappa shape index (κ1) is 29.3. The first-order valence-electron chi connectivity index (χ1n) is 13.5. The molecule has 2 atom stereocenters. The van der Waals surface area contributed by atoms with Crippen LogP contribution in [0.5, 0.6) is 0 Å². The highest BCUT2D eigenvalue weighted by molar-refractivity contribution is 5.90. The standard InChI is InChI=1S/C33H36N4O4/c1-33(2,3)30(31(40)34-4)36-32(41-22-23-8-6-5-7-9-23)28(20-29(38)39)37-19-16-27(21-37)25-12-10-24(11-13-25)26-14-17-35-18-15-26/h5-19,21,28,30H,20,22H2,1-4H3,(H,34,40)(H,38,39)/t28-,30-/m1/s1. The Morgan fingerprint density at radius 1 is 0.927 bits per heavy atom. The lowest BCUT2D eigenvalue weighted by molar-refractivity contribution is -0.137. The van der Waals surface area contributed by atoms with E-state index < -0.39 is 23.5 Å². The molecule has 2 aromatic heterocycles. The summed E-state index contributed by atoms with van der Waals surface area (Å²) in [6, 6.07) is 22.0. The molecule has 2 N–H and O–H groups in total. The van der Waals surface area contributed by atoms with Crippen molar-refractivity contribution in [2.45, 2.75) is 45.9 Å². The van der Waals surface area contributed by atoms with Crippen molar-refractivity contribution >= 4 is 17.8 Å². The Morgan fingerprint density at radius 3 is 2.12 bits per heavy atom. The summed E-state index contributed by atoms with van der Waals surface area (Å²) in [5.74, 6) is -1.08. The molecule has 0 saturated heterocycles. The molecule has 0 aliphatic heterocycles. The molecular formula is C33H36N4O4. The van der Waals surface area contributed by atoms with Crippen LogP contribution in [-0.4, -0.2) is 45.5 Å². The first-order valence-corrected chi connectivity index (χ1v) is 13.5. The number of likely N-dealkylation sites (N-methyl/N-ethyl adjacent to an activating group) is 1. The van der Waals surface area contributed by atoms with Gasteiger partial charge in [-0.2, -0.15) is 0 Å². The van der Waals surface area contributed by atoms with Gasteiger partial charge in [0.1, 0.15) is 18.7 Å². The van der Waals surface area contributed by atoms with E-state index in [4.69, 9.17) is 9.73 Å². The summed E-state index contributed by atoms with van der Waals surface area (Å²) >= 11 is 0. The van der Waals surface area contributed by atoms with Crippen molar-refractivity contribution in [3.63, 3.8) is 0 Å². The van der Waals surface area contributed by atoms with Gasteiger partial charge in [-0.05, 0) is 51.4 Å². The zero-order valence-electron chi connectivity index (χ0n) is 23.8. The number of nitrogens with zero attached hydrogens (tertiary/aromatic N) is 3. The Hall–Kier alpha value is -4.72. The van der Waals surface area contributed by atoms with Crippen molar-refractivity contribution in [1.29, 1.82) is 0 Å². The smallest absolute Gasteiger partial charge is 0.305 e. The number of hydrogen-bond acceptors (Lipinski definition) is 5. The molecule has 2 aromatic carbocycles. The molecule has 2 heterocycles. The minimum atomic E-state index is -1.00. The fourth-order valence-corrected chi connectivity index (χ4v) is 4.52. The number of carbonyl (C=O) groups is 2. The van der Waals surface area contributed by atoms with Crippen LogP contribution < -0.4 is 5.32 Å². The molecule has 4 rings (SSSR count). The quantitative estimate of drug-likeness (QED) is 0.185. The average molecular weight is 553 g/mol. The molecule has 8 nitrogen and oxygen atoms in total. The fraction of sp³-hybridized carbons (Fsp3) is 0.273. The number of hydrogen-bond donors (Lipinski definition) is 2. The van der Waals surface area contributed by atoms with Gasteiger partial charge in [0.25, 0.3) is 0 Å². The molecule has 0 radical (unpaired) electrons. The lowest BCUT2D eigenvalue weighted by atomic mass is 9.86. The summed E-state index contributed by atoms with van der Waals surface area (Å²) in [5, 5.41) is 12.6. The van der Waals surface area contributed by atoms with Crippen LogP contribution in [0.15, 0.2) is 103 Å². The topological polar surface area (TPSA) is 106 Å². The summed E-state index contributed by atoms with van der Waals surface area (Å²) < 4.78 is 8.03. The number of carboxylic acid groups (broad SMARTS) is 1. The molecule has 1 amide bonds. The van der Waals surface area contributed by atoms with Gasteiger partial charge in [0.15, 0.2) is 0 Å². The lowest BCUT2D eigenvalue weighted by Gasteiger charge is -2.28. The van der Waals surface area contributed by atoms with Crippen molar-refractivity contribution < 1.29 is 19.4 Å². The molecule has 0 fully saturated rings. The largest absolute Gasteiger partial charge is 0.481 e. The van der Waals surface area contributed by atoms with E-state index in [1.54, 1.807) is 24.0 Å². The molecule has 41 heavy (non-hydrogen) atoms. The molecule has 8 heteroatoms. The van der Waals surface area contributed by atoms with Gasteiger partial charge in [0.2, 0.25) is 11.8 Å². The van der Waals surface area contributed by atoms with Crippen LogP contribution in [0.4, 0.5) is 0 Å². The lowest BCUT2D eigenvalue weighted by Crippen LogP contribution is -2.41. The number of pyridine rings is 1. The van der Waals surface area contributed by atoms with Crippen molar-refractivity contribution in [2.24, 2.45) is 10.4 Å². The minimum Gasteiger partial charge on any atom is -0.481 e. The second-order valence-electron chi connectivity index (χ2n) is 10.9. The number of ether oxygens (including phenoxy) is 1. The van der Waals surface area contributed by atoms with Gasteiger partial charge >= 0.3 is 5.97 Å². The summed E-state index contributed by atoms with van der Waals surface area (Å²) in [7, 11) is 1.56. The van der Waals surface area contributed by atoms with Crippen LogP contribution in [0.1, 0.15) is 38.8 Å². The second kappa shape index (κ2) is 13.1. The number of nitrogens with one attached hydrogen (secondary N) is 1. The Labute approximate surface area is 240 Å². The number of aliphatic carboxylic acids is 1. The minimum absolute atomic E-state index is 0.186. The zero-order chi connectivity index (χ0) is 29.4. The Morgan fingerprint density at radius 2 is 1.54 bits per heavy atom. The predicted octanol–water partition coefficient (Wildman–Crippen LogP) is 6.01. The number of amides is 1. The number of carboxylic acids is 1. The van der Waals surface area contributed by atoms with Crippen molar-refractivity contribution in [1.82, 2.24) is 14.9 Å². The maximum Gasteiger partial charge on any atom is 0.305 e. The summed E-state index contributed by atoms with van der Waals surface area (Å²) in [5.41, 5.74) is 4.43. The van der Waals surface area contributed by atoms with Crippen molar-refractivity contribution in [2.75, 3.05) is 7.05 Å². The van der Waals surface area contributed by atoms with Crippen LogP contribution in [0, 0.1) is 5.41 Å². The van der Waals surface area contributed by atoms with Gasteiger partial charge in [0, 0.05) is 31.8 Å². The highest BCUT2D eigenvalue weighted by Crippen LogP contribution is 2.29. The number of aromatic nitrogens is 2. The van der Waals surface area contributed by atoms with Crippen molar-refractivity contribution in [3.8, 4) is 22.3 Å². The van der Waals surface area contributed by atoms with Gasteiger partial charge in [-0.1, -0.05) is 75.4 Å². The molecule has 0 aliphatic carbocycles. The Kier molecular flexibility index (Phi) is 9.34. The monoisotopic (exact) mass is 552 g/mol. The normalized spacial score (nSPS) is 13.3. The SMILES string of the molecule is CNC(=O)[C@@H](N=C(OCc1ccccc1)[C@@H](CC(=O)O)n1ccc(-c2ccc(-c3ccncc3)cc2)c1)C(C)(C)C. The van der Waals surface area contributed by atoms with E-state index in [2.05, 4.69) is 10.3 Å². The van der Waals surface area contributed by atoms with Crippen LogP contribution in [0.3, 0.4) is 0 Å². The third kappa shape index (κ3) is 7.69. The van der Waals surface area contributed by atoms with E-state index in [0.29, 0.717) is 0 Å². The predicted molar refractivity (Wildman–Crippen MR) is 160 cm³/mol. The average Bonchev–Trinajstić information content (AvgIpc) is 3.46. The van der Waals surface area contributed by atoms with Crippen LogP contribution in [0.25, 0.3) is 22.3 Å². The number of rotatable bonds is 10. The fourth-order valence-electron chi connectivity index (χ4n) is 4.52. The third-order valence-corrected chi connectivity index (χ3v) is 6.76. The molecule has 4 aromatic rings. The molecule has 0 aliphatic rings. The van der Waals surface area contributed by atoms with E-state index in [9.17, 15) is 14.7 Å². The first-order chi connectivity index (χ1) is 19.7. The van der Waals surface area contributed by atoms with Gasteiger partial charge < -0.3 is 19.7 Å². The zero-order valence-corrected chi connectivity index (χ0v) is 23.8. The molecule has 0 bridgehead atoms.